The van der Waals surface area contributed by atoms with Crippen LogP contribution in [-0.2, 0) is 9.47 Å². The van der Waals surface area contributed by atoms with Gasteiger partial charge in [0.05, 0.1) is 12.9 Å². The van der Waals surface area contributed by atoms with Crippen LogP contribution in [0.2, 0.25) is 5.02 Å². The van der Waals surface area contributed by atoms with Crippen molar-refractivity contribution >= 4 is 29.4 Å². The van der Waals surface area contributed by atoms with Crippen LogP contribution in [-0.4, -0.2) is 22.3 Å². The maximum absolute atomic E-state index is 12.0. The molecule has 0 N–H and O–H groups in total. The van der Waals surface area contributed by atoms with Gasteiger partial charge in [-0.05, 0) is 24.1 Å². The van der Waals surface area contributed by atoms with E-state index in [0.29, 0.717) is 11.6 Å². The number of hydrogen-bond acceptors (Lipinski definition) is 4. The lowest BCUT2D eigenvalue weighted by Gasteiger charge is -2.23. The lowest BCUT2D eigenvalue weighted by Crippen LogP contribution is -2.20. The molecule has 0 radical (unpaired) electrons. The van der Waals surface area contributed by atoms with Crippen LogP contribution < -0.4 is 0 Å². The molecule has 0 saturated carbocycles. The van der Waals surface area contributed by atoms with Crippen LogP contribution in [0.25, 0.3) is 0 Å². The Bertz CT molecular complexity index is 617. The summed E-state index contributed by atoms with van der Waals surface area (Å²) in [7, 11) is 0. The quantitative estimate of drug-likeness (QED) is 0.356. The fraction of sp³-hybridized carbons (Fsp3) is 0.412. The molecular formula is C17H20Cl2N2O3. The lowest BCUT2D eigenvalue weighted by molar-refractivity contribution is 0.0139. The Labute approximate surface area is 151 Å². The van der Waals surface area contributed by atoms with Crippen molar-refractivity contribution in [2.24, 2.45) is 0 Å². The SMILES string of the molecule is CCCCCOC(=O)OC(c1ccc(Cl)cc1)C(Cl)n1ccnc1. The summed E-state index contributed by atoms with van der Waals surface area (Å²) < 4.78 is 12.2. The minimum absolute atomic E-state index is 0.331. The number of halogens is 2. The second kappa shape index (κ2) is 9.55. The zero-order valence-electron chi connectivity index (χ0n) is 13.4. The van der Waals surface area contributed by atoms with Crippen LogP contribution in [0.1, 0.15) is 43.4 Å². The molecule has 0 bridgehead atoms. The molecule has 5 nitrogen and oxygen atoms in total. The van der Waals surface area contributed by atoms with Crippen molar-refractivity contribution in [2.45, 2.75) is 37.8 Å². The maximum atomic E-state index is 12.0. The topological polar surface area (TPSA) is 53.4 Å². The van der Waals surface area contributed by atoms with Gasteiger partial charge in [-0.3, -0.25) is 0 Å². The lowest BCUT2D eigenvalue weighted by atomic mass is 10.1. The fourth-order valence-corrected chi connectivity index (χ4v) is 2.59. The van der Waals surface area contributed by atoms with Crippen LogP contribution in [0.15, 0.2) is 43.0 Å². The minimum atomic E-state index is -0.739. The molecule has 2 unspecified atom stereocenters. The molecule has 0 amide bonds. The van der Waals surface area contributed by atoms with E-state index in [1.165, 1.54) is 0 Å². The number of imidazole rings is 1. The van der Waals surface area contributed by atoms with E-state index in [0.717, 1.165) is 24.8 Å². The second-order valence-electron chi connectivity index (χ2n) is 5.28. The molecular weight excluding hydrogens is 351 g/mol. The summed E-state index contributed by atoms with van der Waals surface area (Å²) in [6.45, 7) is 2.41. The Morgan fingerprint density at radius 1 is 1.29 bits per heavy atom. The highest BCUT2D eigenvalue weighted by Gasteiger charge is 2.27. The molecule has 7 heteroatoms. The Morgan fingerprint density at radius 3 is 2.67 bits per heavy atom. The van der Waals surface area contributed by atoms with Crippen LogP contribution in [0.3, 0.4) is 0 Å². The molecule has 1 aromatic heterocycles. The average Bonchev–Trinajstić information content (AvgIpc) is 3.11. The number of benzene rings is 1. The van der Waals surface area contributed by atoms with Crippen molar-refractivity contribution in [2.75, 3.05) is 6.61 Å². The van der Waals surface area contributed by atoms with Crippen LogP contribution in [0.5, 0.6) is 0 Å². The van der Waals surface area contributed by atoms with Gasteiger partial charge in [0.25, 0.3) is 0 Å². The zero-order valence-corrected chi connectivity index (χ0v) is 14.9. The monoisotopic (exact) mass is 370 g/mol. The molecule has 0 spiro atoms. The number of nitrogens with zero attached hydrogens (tertiary/aromatic N) is 2. The van der Waals surface area contributed by atoms with E-state index in [-0.39, 0.29) is 0 Å². The molecule has 0 saturated heterocycles. The van der Waals surface area contributed by atoms with Crippen molar-refractivity contribution in [1.82, 2.24) is 9.55 Å². The van der Waals surface area contributed by atoms with E-state index in [4.69, 9.17) is 32.7 Å². The summed E-state index contributed by atoms with van der Waals surface area (Å²) >= 11 is 12.4. The Morgan fingerprint density at radius 2 is 2.04 bits per heavy atom. The van der Waals surface area contributed by atoms with E-state index in [2.05, 4.69) is 11.9 Å². The molecule has 1 heterocycles. The van der Waals surface area contributed by atoms with Crippen molar-refractivity contribution in [3.63, 3.8) is 0 Å². The Kier molecular flexibility index (Phi) is 7.40. The van der Waals surface area contributed by atoms with E-state index >= 15 is 0 Å². The molecule has 130 valence electrons. The van der Waals surface area contributed by atoms with E-state index in [1.807, 2.05) is 0 Å². The van der Waals surface area contributed by atoms with Crippen LogP contribution >= 0.6 is 23.2 Å². The second-order valence-corrected chi connectivity index (χ2v) is 6.16. The summed E-state index contributed by atoms with van der Waals surface area (Å²) in [5, 5.41) is 0.591. The first-order chi connectivity index (χ1) is 11.6. The molecule has 1 aromatic carbocycles. The number of aromatic nitrogens is 2. The molecule has 2 rings (SSSR count). The molecule has 2 atom stereocenters. The molecule has 2 aromatic rings. The van der Waals surface area contributed by atoms with Crippen LogP contribution in [0, 0.1) is 0 Å². The molecule has 0 aliphatic rings. The van der Waals surface area contributed by atoms with Gasteiger partial charge in [0, 0.05) is 17.4 Å². The summed E-state index contributed by atoms with van der Waals surface area (Å²) in [4.78, 5) is 15.9. The number of unbranched alkanes of at least 4 members (excludes halogenated alkanes) is 2. The predicted octanol–water partition coefficient (Wildman–Crippen LogP) is 5.36. The third kappa shape index (κ3) is 5.42. The Hall–Kier alpha value is -1.72. The number of carbonyl (C=O) groups is 1. The maximum Gasteiger partial charge on any atom is 0.509 e. The van der Waals surface area contributed by atoms with E-state index in [9.17, 15) is 4.79 Å². The highest BCUT2D eigenvalue weighted by molar-refractivity contribution is 6.30. The number of ether oxygens (including phenoxy) is 2. The van der Waals surface area contributed by atoms with Gasteiger partial charge in [-0.1, -0.05) is 55.1 Å². The van der Waals surface area contributed by atoms with Gasteiger partial charge in [-0.2, -0.15) is 0 Å². The minimum Gasteiger partial charge on any atom is -0.434 e. The van der Waals surface area contributed by atoms with Gasteiger partial charge in [0.2, 0.25) is 0 Å². The van der Waals surface area contributed by atoms with Gasteiger partial charge in [-0.15, -0.1) is 0 Å². The zero-order chi connectivity index (χ0) is 17.4. The first kappa shape index (κ1) is 18.6. The summed E-state index contributed by atoms with van der Waals surface area (Å²) in [5.74, 6) is 0. The van der Waals surface area contributed by atoms with Gasteiger partial charge >= 0.3 is 6.16 Å². The molecule has 0 aliphatic carbocycles. The van der Waals surface area contributed by atoms with Gasteiger partial charge in [0.1, 0.15) is 0 Å². The standard InChI is InChI=1S/C17H20Cl2N2O3/c1-2-3-4-11-23-17(22)24-15(13-5-7-14(18)8-6-13)16(19)21-10-9-20-12-21/h5-10,12,15-16H,2-4,11H2,1H3. The van der Waals surface area contributed by atoms with E-state index in [1.54, 1.807) is 47.6 Å². The highest BCUT2D eigenvalue weighted by atomic mass is 35.5. The summed E-state index contributed by atoms with van der Waals surface area (Å²) in [5.41, 5.74) is 0.0653. The summed E-state index contributed by atoms with van der Waals surface area (Å²) in [6.07, 6.45) is 6.28. The number of hydrogen-bond donors (Lipinski definition) is 0. The van der Waals surface area contributed by atoms with Crippen molar-refractivity contribution < 1.29 is 14.3 Å². The van der Waals surface area contributed by atoms with Gasteiger partial charge < -0.3 is 14.0 Å². The highest BCUT2D eigenvalue weighted by Crippen LogP contribution is 2.34. The third-order valence-electron chi connectivity index (χ3n) is 3.45. The van der Waals surface area contributed by atoms with Crippen molar-refractivity contribution in [3.8, 4) is 0 Å². The smallest absolute Gasteiger partial charge is 0.434 e. The average molecular weight is 371 g/mol. The largest absolute Gasteiger partial charge is 0.509 e. The fourth-order valence-electron chi connectivity index (χ4n) is 2.15. The molecule has 0 aliphatic heterocycles. The third-order valence-corrected chi connectivity index (χ3v) is 4.16. The number of alkyl halides is 1. The number of rotatable bonds is 8. The van der Waals surface area contributed by atoms with Crippen LogP contribution in [0.4, 0.5) is 4.79 Å². The van der Waals surface area contributed by atoms with Gasteiger partial charge in [-0.25, -0.2) is 9.78 Å². The predicted molar refractivity (Wildman–Crippen MR) is 93.3 cm³/mol. The Balaban J connectivity index is 2.08. The number of carbonyl (C=O) groups excluding carboxylic acids is 1. The first-order valence-electron chi connectivity index (χ1n) is 7.82. The van der Waals surface area contributed by atoms with Crippen molar-refractivity contribution in [3.05, 3.63) is 53.6 Å². The summed E-state index contributed by atoms with van der Waals surface area (Å²) in [6, 6.07) is 6.97. The normalized spacial score (nSPS) is 13.3. The first-order valence-corrected chi connectivity index (χ1v) is 8.63. The van der Waals surface area contributed by atoms with E-state index < -0.39 is 17.8 Å². The molecule has 0 fully saturated rings. The van der Waals surface area contributed by atoms with Crippen molar-refractivity contribution in [1.29, 1.82) is 0 Å². The molecule has 24 heavy (non-hydrogen) atoms. The van der Waals surface area contributed by atoms with Gasteiger partial charge in [0.15, 0.2) is 11.6 Å².